The largest absolute Gasteiger partial charge is 0.491 e. The van der Waals surface area contributed by atoms with Crippen molar-refractivity contribution in [1.29, 1.82) is 0 Å². The molecule has 3 amide bonds. The molecule has 2 aliphatic rings. The number of anilines is 1. The van der Waals surface area contributed by atoms with Crippen LogP contribution in [0.15, 0.2) is 24.3 Å². The number of carbonyl (C=O) groups is 2. The van der Waals surface area contributed by atoms with E-state index in [1.165, 1.54) is 24.2 Å². The Morgan fingerprint density at radius 3 is 2.50 bits per heavy atom. The maximum Gasteiger partial charge on any atom is 0.324 e. The van der Waals surface area contributed by atoms with Gasteiger partial charge in [0.15, 0.2) is 5.54 Å². The highest BCUT2D eigenvalue weighted by atomic mass is 16.5. The second-order valence-corrected chi connectivity index (χ2v) is 8.04. The van der Waals surface area contributed by atoms with E-state index in [1.807, 2.05) is 18.2 Å². The van der Waals surface area contributed by atoms with Crippen LogP contribution >= 0.6 is 0 Å². The molecule has 1 atom stereocenters. The number of hydrogen-bond acceptors (Lipinski definition) is 4. The van der Waals surface area contributed by atoms with Gasteiger partial charge < -0.3 is 15.0 Å². The normalized spacial score (nSPS) is 23.0. The molecule has 154 valence electrons. The van der Waals surface area contributed by atoms with Gasteiger partial charge in [0, 0.05) is 31.9 Å². The van der Waals surface area contributed by atoms with E-state index >= 15 is 0 Å². The van der Waals surface area contributed by atoms with Crippen LogP contribution in [0, 0.1) is 5.92 Å². The second-order valence-electron chi connectivity index (χ2n) is 8.04. The van der Waals surface area contributed by atoms with E-state index in [4.69, 9.17) is 4.74 Å². The van der Waals surface area contributed by atoms with Gasteiger partial charge in [0.05, 0.1) is 0 Å². The molecule has 1 aromatic carbocycles. The van der Waals surface area contributed by atoms with Crippen LogP contribution in [-0.4, -0.2) is 49.1 Å². The van der Waals surface area contributed by atoms with Crippen molar-refractivity contribution >= 4 is 17.6 Å². The van der Waals surface area contributed by atoms with Crippen molar-refractivity contribution in [2.75, 3.05) is 31.6 Å². The Bertz CT molecular complexity index is 698. The molecule has 28 heavy (non-hydrogen) atoms. The van der Waals surface area contributed by atoms with E-state index in [0.29, 0.717) is 12.3 Å². The molecule has 1 N–H and O–H groups in total. The minimum atomic E-state index is -0.959. The van der Waals surface area contributed by atoms with Crippen molar-refractivity contribution in [2.24, 2.45) is 5.92 Å². The highest BCUT2D eigenvalue weighted by Crippen LogP contribution is 2.34. The monoisotopic (exact) mass is 387 g/mol. The number of hydrogen-bond donors (Lipinski definition) is 1. The summed E-state index contributed by atoms with van der Waals surface area (Å²) in [6, 6.07) is 7.62. The lowest BCUT2D eigenvalue weighted by atomic mass is 9.79. The SMILES string of the molecule is CCN(CC)c1cccc(OCC2(CC3CCCCC3)NC(=O)N(C)C2=O)c1. The fourth-order valence-corrected chi connectivity index (χ4v) is 4.50. The Hall–Kier alpha value is -2.24. The smallest absolute Gasteiger partial charge is 0.324 e. The third kappa shape index (κ3) is 4.26. The zero-order valence-corrected chi connectivity index (χ0v) is 17.4. The van der Waals surface area contributed by atoms with Crippen LogP contribution in [0.25, 0.3) is 0 Å². The topological polar surface area (TPSA) is 61.9 Å². The van der Waals surface area contributed by atoms with Crippen LogP contribution in [0.1, 0.15) is 52.4 Å². The van der Waals surface area contributed by atoms with E-state index in [2.05, 4.69) is 30.1 Å². The standard InChI is InChI=1S/C22H33N3O3/c1-4-25(5-2)18-12-9-13-19(14-18)28-16-22(15-17-10-7-6-8-11-17)20(26)24(3)21(27)23-22/h9,12-14,17H,4-8,10-11,15-16H2,1-3H3,(H,23,27). The van der Waals surface area contributed by atoms with Gasteiger partial charge in [-0.25, -0.2) is 4.79 Å². The maximum atomic E-state index is 13.0. The molecule has 6 nitrogen and oxygen atoms in total. The number of benzene rings is 1. The summed E-state index contributed by atoms with van der Waals surface area (Å²) in [7, 11) is 1.54. The average Bonchev–Trinajstić information content (AvgIpc) is 2.92. The Labute approximate surface area is 168 Å². The highest BCUT2D eigenvalue weighted by molar-refractivity contribution is 6.06. The van der Waals surface area contributed by atoms with Gasteiger partial charge in [0.2, 0.25) is 0 Å². The van der Waals surface area contributed by atoms with Gasteiger partial charge >= 0.3 is 6.03 Å². The average molecular weight is 388 g/mol. The number of ether oxygens (including phenoxy) is 1. The van der Waals surface area contributed by atoms with Crippen molar-refractivity contribution < 1.29 is 14.3 Å². The molecule has 0 aromatic heterocycles. The molecule has 1 aromatic rings. The van der Waals surface area contributed by atoms with Crippen LogP contribution in [0.3, 0.4) is 0 Å². The third-order valence-electron chi connectivity index (χ3n) is 6.16. The Morgan fingerprint density at radius 1 is 1.18 bits per heavy atom. The first-order valence-corrected chi connectivity index (χ1v) is 10.6. The number of amides is 3. The molecule has 0 radical (unpaired) electrons. The first-order chi connectivity index (χ1) is 13.5. The number of nitrogens with one attached hydrogen (secondary N) is 1. The molecule has 3 rings (SSSR count). The molecule has 1 unspecified atom stereocenters. The molecular formula is C22H33N3O3. The van der Waals surface area contributed by atoms with Gasteiger partial charge in [0.1, 0.15) is 12.4 Å². The Kier molecular flexibility index (Phi) is 6.47. The van der Waals surface area contributed by atoms with Gasteiger partial charge in [-0.1, -0.05) is 38.2 Å². The van der Waals surface area contributed by atoms with Crippen molar-refractivity contribution in [3.63, 3.8) is 0 Å². The lowest BCUT2D eigenvalue weighted by molar-refractivity contribution is -0.132. The predicted molar refractivity (Wildman–Crippen MR) is 111 cm³/mol. The van der Waals surface area contributed by atoms with E-state index < -0.39 is 5.54 Å². The molecule has 1 saturated heterocycles. The van der Waals surface area contributed by atoms with Crippen molar-refractivity contribution in [3.05, 3.63) is 24.3 Å². The molecule has 1 heterocycles. The van der Waals surface area contributed by atoms with Gasteiger partial charge in [-0.15, -0.1) is 0 Å². The first kappa shape index (κ1) is 20.5. The summed E-state index contributed by atoms with van der Waals surface area (Å²) in [5.41, 5.74) is 0.140. The van der Waals surface area contributed by atoms with Gasteiger partial charge in [-0.3, -0.25) is 9.69 Å². The minimum Gasteiger partial charge on any atom is -0.491 e. The zero-order chi connectivity index (χ0) is 20.1. The van der Waals surface area contributed by atoms with Crippen LogP contribution in [0.5, 0.6) is 5.75 Å². The lowest BCUT2D eigenvalue weighted by Gasteiger charge is -2.32. The second kappa shape index (κ2) is 8.84. The number of nitrogens with zero attached hydrogens (tertiary/aromatic N) is 2. The molecule has 1 aliphatic carbocycles. The summed E-state index contributed by atoms with van der Waals surface area (Å²) in [6.07, 6.45) is 6.55. The fraction of sp³-hybridized carbons (Fsp3) is 0.636. The lowest BCUT2D eigenvalue weighted by Crippen LogP contribution is -2.53. The zero-order valence-electron chi connectivity index (χ0n) is 17.4. The number of rotatable bonds is 8. The van der Waals surface area contributed by atoms with Crippen LogP contribution in [-0.2, 0) is 4.79 Å². The van der Waals surface area contributed by atoms with Crippen LogP contribution < -0.4 is 15.0 Å². The molecule has 6 heteroatoms. The summed E-state index contributed by atoms with van der Waals surface area (Å²) in [6.45, 7) is 6.26. The Balaban J connectivity index is 1.76. The number of urea groups is 1. The minimum absolute atomic E-state index is 0.167. The maximum absolute atomic E-state index is 13.0. The highest BCUT2D eigenvalue weighted by Gasteiger charge is 2.51. The summed E-state index contributed by atoms with van der Waals surface area (Å²) in [5, 5.41) is 2.95. The number of carbonyl (C=O) groups excluding carboxylic acids is 2. The summed E-state index contributed by atoms with van der Waals surface area (Å²) in [4.78, 5) is 28.6. The molecule has 2 fully saturated rings. The molecular weight excluding hydrogens is 354 g/mol. The van der Waals surface area contributed by atoms with E-state index in [1.54, 1.807) is 7.05 Å². The summed E-state index contributed by atoms with van der Waals surface area (Å²) < 4.78 is 6.09. The third-order valence-corrected chi connectivity index (χ3v) is 6.16. The van der Waals surface area contributed by atoms with Gasteiger partial charge in [0.25, 0.3) is 5.91 Å². The fourth-order valence-electron chi connectivity index (χ4n) is 4.50. The summed E-state index contributed by atoms with van der Waals surface area (Å²) >= 11 is 0. The summed E-state index contributed by atoms with van der Waals surface area (Å²) in [5.74, 6) is 1.00. The van der Waals surface area contributed by atoms with Crippen LogP contribution in [0.2, 0.25) is 0 Å². The van der Waals surface area contributed by atoms with E-state index in [0.717, 1.165) is 37.4 Å². The van der Waals surface area contributed by atoms with Gasteiger partial charge in [-0.05, 0) is 38.3 Å². The molecule has 1 saturated carbocycles. The van der Waals surface area contributed by atoms with Crippen molar-refractivity contribution in [2.45, 2.75) is 57.9 Å². The number of imide groups is 1. The predicted octanol–water partition coefficient (Wildman–Crippen LogP) is 3.80. The van der Waals surface area contributed by atoms with E-state index in [-0.39, 0.29) is 18.5 Å². The quantitative estimate of drug-likeness (QED) is 0.689. The van der Waals surface area contributed by atoms with Crippen LogP contribution in [0.4, 0.5) is 10.5 Å². The molecule has 0 bridgehead atoms. The molecule has 1 aliphatic heterocycles. The van der Waals surface area contributed by atoms with Crippen molar-refractivity contribution in [3.8, 4) is 5.75 Å². The van der Waals surface area contributed by atoms with Gasteiger partial charge in [-0.2, -0.15) is 0 Å². The van der Waals surface area contributed by atoms with E-state index in [9.17, 15) is 9.59 Å². The molecule has 0 spiro atoms. The first-order valence-electron chi connectivity index (χ1n) is 10.6. The number of likely N-dealkylation sites (N-methyl/N-ethyl adjacent to an activating group) is 1. The Morgan fingerprint density at radius 2 is 1.89 bits per heavy atom. The van der Waals surface area contributed by atoms with Crippen molar-refractivity contribution in [1.82, 2.24) is 10.2 Å².